The maximum absolute atomic E-state index is 13.2. The minimum Gasteiger partial charge on any atom is -0.352 e. The number of aromatic nitrogens is 2. The van der Waals surface area contributed by atoms with Crippen molar-refractivity contribution in [3.63, 3.8) is 0 Å². The molecule has 1 N–H and O–H groups in total. The van der Waals surface area contributed by atoms with E-state index in [1.165, 1.54) is 4.31 Å². The Labute approximate surface area is 167 Å². The first-order chi connectivity index (χ1) is 13.6. The van der Waals surface area contributed by atoms with Gasteiger partial charge in [-0.1, -0.05) is 36.4 Å². The van der Waals surface area contributed by atoms with Gasteiger partial charge in [-0.3, -0.25) is 4.79 Å². The molecular weight excluding hydrogens is 396 g/mol. The highest BCUT2D eigenvalue weighted by Crippen LogP contribution is 2.28. The average Bonchev–Trinajstić information content (AvgIpc) is 3.21. The first kappa shape index (κ1) is 19.0. The molecule has 1 saturated heterocycles. The van der Waals surface area contributed by atoms with Crippen LogP contribution in [-0.4, -0.2) is 40.5 Å². The second-order valence-electron chi connectivity index (χ2n) is 6.79. The molecule has 1 aliphatic rings. The summed E-state index contributed by atoms with van der Waals surface area (Å²) < 4.78 is 36.0. The molecule has 1 amide bonds. The molecule has 7 nitrogen and oxygen atoms in total. The minimum absolute atomic E-state index is 0.114. The van der Waals surface area contributed by atoms with E-state index in [-0.39, 0.29) is 23.3 Å². The fourth-order valence-corrected chi connectivity index (χ4v) is 5.71. The van der Waals surface area contributed by atoms with Gasteiger partial charge < -0.3 is 5.32 Å². The number of sulfonamides is 1. The van der Waals surface area contributed by atoms with Gasteiger partial charge in [0.15, 0.2) is 0 Å². The number of fused-ring (bicyclic) bond motifs is 1. The van der Waals surface area contributed by atoms with Crippen molar-refractivity contribution in [3.05, 3.63) is 54.1 Å². The normalized spacial score (nSPS) is 18.2. The Morgan fingerprint density at radius 3 is 2.79 bits per heavy atom. The van der Waals surface area contributed by atoms with E-state index in [0.717, 1.165) is 17.3 Å². The van der Waals surface area contributed by atoms with E-state index in [4.69, 9.17) is 0 Å². The Kier molecular flexibility index (Phi) is 5.38. The van der Waals surface area contributed by atoms with Crippen molar-refractivity contribution in [2.75, 3.05) is 13.1 Å². The van der Waals surface area contributed by atoms with E-state index in [1.54, 1.807) is 18.2 Å². The monoisotopic (exact) mass is 416 g/mol. The highest BCUT2D eigenvalue weighted by Gasteiger charge is 2.34. The third-order valence-electron chi connectivity index (χ3n) is 4.93. The number of hydrogen-bond donors (Lipinski definition) is 1. The van der Waals surface area contributed by atoms with Gasteiger partial charge in [-0.2, -0.15) is 13.1 Å². The Hall–Kier alpha value is -2.36. The zero-order chi connectivity index (χ0) is 19.6. The summed E-state index contributed by atoms with van der Waals surface area (Å²) in [6, 6.07) is 14.6. The van der Waals surface area contributed by atoms with Crippen molar-refractivity contribution in [3.8, 4) is 0 Å². The summed E-state index contributed by atoms with van der Waals surface area (Å²) >= 11 is 0.993. The number of nitrogens with zero attached hydrogens (tertiary/aromatic N) is 3. The van der Waals surface area contributed by atoms with Gasteiger partial charge >= 0.3 is 0 Å². The summed E-state index contributed by atoms with van der Waals surface area (Å²) in [5.41, 5.74) is 1.97. The lowest BCUT2D eigenvalue weighted by molar-refractivity contribution is -0.126. The first-order valence-corrected chi connectivity index (χ1v) is 11.3. The maximum atomic E-state index is 13.2. The lowest BCUT2D eigenvalue weighted by Gasteiger charge is -2.31. The van der Waals surface area contributed by atoms with Crippen LogP contribution < -0.4 is 5.32 Å². The lowest BCUT2D eigenvalue weighted by atomic mass is 9.99. The molecule has 28 heavy (non-hydrogen) atoms. The molecule has 0 saturated carbocycles. The molecule has 0 unspecified atom stereocenters. The number of amides is 1. The minimum atomic E-state index is -3.73. The van der Waals surface area contributed by atoms with Crippen LogP contribution in [0.1, 0.15) is 18.4 Å². The second kappa shape index (κ2) is 7.94. The van der Waals surface area contributed by atoms with Crippen LogP contribution in [0.15, 0.2) is 53.4 Å². The lowest BCUT2D eigenvalue weighted by Crippen LogP contribution is -2.45. The second-order valence-corrected chi connectivity index (χ2v) is 9.23. The molecule has 9 heteroatoms. The zero-order valence-corrected chi connectivity index (χ0v) is 16.7. The van der Waals surface area contributed by atoms with E-state index in [2.05, 4.69) is 14.1 Å². The zero-order valence-electron chi connectivity index (χ0n) is 15.1. The van der Waals surface area contributed by atoms with Crippen molar-refractivity contribution in [1.82, 2.24) is 18.4 Å². The fourth-order valence-electron chi connectivity index (χ4n) is 3.43. The number of carbonyl (C=O) groups excluding carboxylic acids is 1. The van der Waals surface area contributed by atoms with Crippen LogP contribution in [0.5, 0.6) is 0 Å². The quantitative estimate of drug-likeness (QED) is 0.690. The van der Waals surface area contributed by atoms with E-state index in [0.29, 0.717) is 37.0 Å². The Morgan fingerprint density at radius 1 is 1.14 bits per heavy atom. The van der Waals surface area contributed by atoms with Crippen LogP contribution in [0, 0.1) is 5.92 Å². The average molecular weight is 417 g/mol. The molecule has 2 heterocycles. The predicted molar refractivity (Wildman–Crippen MR) is 107 cm³/mol. The van der Waals surface area contributed by atoms with Gasteiger partial charge in [0.25, 0.3) is 0 Å². The number of carbonyl (C=O) groups is 1. The summed E-state index contributed by atoms with van der Waals surface area (Å²) in [5.74, 6) is -0.475. The largest absolute Gasteiger partial charge is 0.352 e. The van der Waals surface area contributed by atoms with Gasteiger partial charge in [0.2, 0.25) is 15.9 Å². The van der Waals surface area contributed by atoms with E-state index >= 15 is 0 Å². The van der Waals surface area contributed by atoms with Gasteiger partial charge in [0.05, 0.1) is 17.6 Å². The predicted octanol–water partition coefficient (Wildman–Crippen LogP) is 2.41. The standard InChI is InChI=1S/C19H20N4O3S2/c24-19(20-12-14-6-2-1-3-7-14)15-8-5-11-23(13-15)28(25,26)17-10-4-9-16-18(17)22-27-21-16/h1-4,6-7,9-10,15H,5,8,11-13H2,(H,20,24)/t15-/m0/s1. The number of hydrogen-bond acceptors (Lipinski definition) is 6. The topological polar surface area (TPSA) is 92.3 Å². The molecule has 0 bridgehead atoms. The number of rotatable bonds is 5. The van der Waals surface area contributed by atoms with Gasteiger partial charge in [0.1, 0.15) is 15.9 Å². The fraction of sp³-hybridized carbons (Fsp3) is 0.316. The summed E-state index contributed by atoms with van der Waals surface area (Å²) in [5, 5.41) is 2.92. The molecule has 1 atom stereocenters. The van der Waals surface area contributed by atoms with Gasteiger partial charge in [-0.25, -0.2) is 8.42 Å². The molecule has 146 valence electrons. The van der Waals surface area contributed by atoms with Gasteiger partial charge in [0, 0.05) is 19.6 Å². The molecule has 1 fully saturated rings. The summed E-state index contributed by atoms with van der Waals surface area (Å²) in [6.07, 6.45) is 1.32. The summed E-state index contributed by atoms with van der Waals surface area (Å²) in [7, 11) is -3.73. The van der Waals surface area contributed by atoms with Crippen molar-refractivity contribution in [1.29, 1.82) is 0 Å². The summed E-state index contributed by atoms with van der Waals surface area (Å²) in [4.78, 5) is 12.8. The van der Waals surface area contributed by atoms with Gasteiger partial charge in [-0.15, -0.1) is 0 Å². The molecule has 0 radical (unpaired) electrons. The summed E-state index contributed by atoms with van der Waals surface area (Å²) in [6.45, 7) is 1.02. The van der Waals surface area contributed by atoms with Gasteiger partial charge in [-0.05, 0) is 30.5 Å². The van der Waals surface area contributed by atoms with Crippen LogP contribution in [-0.2, 0) is 21.4 Å². The van der Waals surface area contributed by atoms with E-state index < -0.39 is 10.0 Å². The number of benzene rings is 2. The smallest absolute Gasteiger partial charge is 0.245 e. The van der Waals surface area contributed by atoms with Crippen molar-refractivity contribution in [2.24, 2.45) is 5.92 Å². The van der Waals surface area contributed by atoms with Crippen LogP contribution in [0.25, 0.3) is 11.0 Å². The van der Waals surface area contributed by atoms with E-state index in [9.17, 15) is 13.2 Å². The van der Waals surface area contributed by atoms with Crippen LogP contribution in [0.2, 0.25) is 0 Å². The van der Waals surface area contributed by atoms with Crippen molar-refractivity contribution >= 4 is 38.7 Å². The first-order valence-electron chi connectivity index (χ1n) is 9.09. The Balaban J connectivity index is 1.48. The van der Waals surface area contributed by atoms with E-state index in [1.807, 2.05) is 30.3 Å². The third-order valence-corrected chi connectivity index (χ3v) is 7.37. The maximum Gasteiger partial charge on any atom is 0.245 e. The van der Waals surface area contributed by atoms with Crippen LogP contribution in [0.4, 0.5) is 0 Å². The van der Waals surface area contributed by atoms with Crippen molar-refractivity contribution < 1.29 is 13.2 Å². The van der Waals surface area contributed by atoms with Crippen LogP contribution in [0.3, 0.4) is 0 Å². The van der Waals surface area contributed by atoms with Crippen LogP contribution >= 0.6 is 11.7 Å². The SMILES string of the molecule is O=C(NCc1ccccc1)[C@H]1CCCN(S(=O)(=O)c2cccc3nsnc23)C1. The third kappa shape index (κ3) is 3.78. The molecule has 2 aromatic carbocycles. The molecular formula is C19H20N4O3S2. The van der Waals surface area contributed by atoms with Crippen molar-refractivity contribution in [2.45, 2.75) is 24.3 Å². The highest BCUT2D eigenvalue weighted by atomic mass is 32.2. The number of nitrogens with one attached hydrogen (secondary N) is 1. The molecule has 3 aromatic rings. The molecule has 0 aliphatic carbocycles. The molecule has 1 aromatic heterocycles. The molecule has 4 rings (SSSR count). The highest BCUT2D eigenvalue weighted by molar-refractivity contribution is 7.89. The number of piperidine rings is 1. The Bertz CT molecular complexity index is 1080. The molecule has 0 spiro atoms. The Morgan fingerprint density at radius 2 is 1.96 bits per heavy atom. The molecule has 1 aliphatic heterocycles.